The van der Waals surface area contributed by atoms with Crippen LogP contribution in [0.15, 0.2) is 18.2 Å². The molecular weight excluding hydrogens is 244 g/mol. The third kappa shape index (κ3) is 3.47. The predicted octanol–water partition coefficient (Wildman–Crippen LogP) is 2.48. The average molecular weight is 266 g/mol. The van der Waals surface area contributed by atoms with Gasteiger partial charge in [-0.2, -0.15) is 0 Å². The SMILES string of the molecule is COC(=O)C(C(C)C)C(O)c1ccc(OC)c(C)c1. The molecule has 0 aliphatic rings. The molecule has 0 heterocycles. The highest BCUT2D eigenvalue weighted by atomic mass is 16.5. The zero-order valence-corrected chi connectivity index (χ0v) is 12.1. The minimum absolute atomic E-state index is 0.00939. The fraction of sp³-hybridized carbons (Fsp3) is 0.533. The monoisotopic (exact) mass is 266 g/mol. The fourth-order valence-corrected chi connectivity index (χ4v) is 2.19. The molecule has 0 amide bonds. The molecule has 0 aromatic heterocycles. The first-order valence-corrected chi connectivity index (χ1v) is 6.32. The summed E-state index contributed by atoms with van der Waals surface area (Å²) in [6.45, 7) is 5.68. The van der Waals surface area contributed by atoms with Gasteiger partial charge in [-0.15, -0.1) is 0 Å². The van der Waals surface area contributed by atoms with Crippen molar-refractivity contribution in [3.05, 3.63) is 29.3 Å². The van der Waals surface area contributed by atoms with E-state index >= 15 is 0 Å². The Morgan fingerprint density at radius 2 is 1.89 bits per heavy atom. The van der Waals surface area contributed by atoms with Gasteiger partial charge < -0.3 is 14.6 Å². The Morgan fingerprint density at radius 1 is 1.26 bits per heavy atom. The summed E-state index contributed by atoms with van der Waals surface area (Å²) in [5.74, 6) is -0.214. The van der Waals surface area contributed by atoms with E-state index in [1.807, 2.05) is 26.8 Å². The van der Waals surface area contributed by atoms with Crippen LogP contribution in [0.2, 0.25) is 0 Å². The number of ether oxygens (including phenoxy) is 2. The molecule has 19 heavy (non-hydrogen) atoms. The Labute approximate surface area is 114 Å². The number of hydrogen-bond donors (Lipinski definition) is 1. The van der Waals surface area contributed by atoms with Gasteiger partial charge in [0.25, 0.3) is 0 Å². The summed E-state index contributed by atoms with van der Waals surface area (Å²) in [4.78, 5) is 11.8. The molecule has 0 bridgehead atoms. The Kier molecular flexibility index (Phi) is 5.36. The number of aliphatic hydroxyl groups excluding tert-OH is 1. The van der Waals surface area contributed by atoms with Crippen LogP contribution in [-0.2, 0) is 9.53 Å². The molecule has 1 rings (SSSR count). The van der Waals surface area contributed by atoms with E-state index in [-0.39, 0.29) is 5.92 Å². The third-order valence-corrected chi connectivity index (χ3v) is 3.29. The molecule has 0 spiro atoms. The van der Waals surface area contributed by atoms with E-state index in [1.165, 1.54) is 7.11 Å². The van der Waals surface area contributed by atoms with E-state index in [0.29, 0.717) is 5.56 Å². The number of carbonyl (C=O) groups excluding carboxylic acids is 1. The zero-order valence-electron chi connectivity index (χ0n) is 12.1. The van der Waals surface area contributed by atoms with Crippen molar-refractivity contribution in [3.8, 4) is 5.75 Å². The molecule has 1 aromatic rings. The molecular formula is C15H22O4. The lowest BCUT2D eigenvalue weighted by Crippen LogP contribution is -2.28. The Morgan fingerprint density at radius 3 is 2.32 bits per heavy atom. The molecule has 0 saturated heterocycles. The van der Waals surface area contributed by atoms with Crippen LogP contribution < -0.4 is 4.74 Å². The maximum absolute atomic E-state index is 11.8. The predicted molar refractivity (Wildman–Crippen MR) is 73.0 cm³/mol. The van der Waals surface area contributed by atoms with Crippen LogP contribution in [0.25, 0.3) is 0 Å². The van der Waals surface area contributed by atoms with Crippen LogP contribution in [0.5, 0.6) is 5.75 Å². The summed E-state index contributed by atoms with van der Waals surface area (Å²) < 4.78 is 9.95. The highest BCUT2D eigenvalue weighted by molar-refractivity contribution is 5.73. The minimum atomic E-state index is -0.878. The summed E-state index contributed by atoms with van der Waals surface area (Å²) in [5, 5.41) is 10.4. The van der Waals surface area contributed by atoms with Gasteiger partial charge in [-0.05, 0) is 36.1 Å². The second kappa shape index (κ2) is 6.57. The van der Waals surface area contributed by atoms with Crippen LogP contribution in [-0.4, -0.2) is 25.3 Å². The van der Waals surface area contributed by atoms with E-state index < -0.39 is 18.0 Å². The molecule has 1 N–H and O–H groups in total. The molecule has 4 nitrogen and oxygen atoms in total. The number of rotatable bonds is 5. The van der Waals surface area contributed by atoms with E-state index in [0.717, 1.165) is 11.3 Å². The second-order valence-corrected chi connectivity index (χ2v) is 4.97. The smallest absolute Gasteiger partial charge is 0.311 e. The number of esters is 1. The summed E-state index contributed by atoms with van der Waals surface area (Å²) >= 11 is 0. The van der Waals surface area contributed by atoms with Crippen molar-refractivity contribution >= 4 is 5.97 Å². The normalized spacial score (nSPS) is 14.1. The summed E-state index contributed by atoms with van der Waals surface area (Å²) in [7, 11) is 2.94. The number of hydrogen-bond acceptors (Lipinski definition) is 4. The molecule has 2 atom stereocenters. The molecule has 0 saturated carbocycles. The molecule has 4 heteroatoms. The van der Waals surface area contributed by atoms with Crippen molar-refractivity contribution in [1.29, 1.82) is 0 Å². The van der Waals surface area contributed by atoms with Crippen molar-refractivity contribution < 1.29 is 19.4 Å². The largest absolute Gasteiger partial charge is 0.496 e. The van der Waals surface area contributed by atoms with Gasteiger partial charge in [0, 0.05) is 0 Å². The maximum atomic E-state index is 11.8. The van der Waals surface area contributed by atoms with Crippen LogP contribution in [0.4, 0.5) is 0 Å². The van der Waals surface area contributed by atoms with Gasteiger partial charge in [-0.1, -0.05) is 19.9 Å². The molecule has 1 aromatic carbocycles. The van der Waals surface area contributed by atoms with Gasteiger partial charge in [0.2, 0.25) is 0 Å². The first kappa shape index (κ1) is 15.5. The van der Waals surface area contributed by atoms with Gasteiger partial charge in [0.05, 0.1) is 26.2 Å². The highest BCUT2D eigenvalue weighted by Crippen LogP contribution is 2.31. The maximum Gasteiger partial charge on any atom is 0.311 e. The van der Waals surface area contributed by atoms with Crippen molar-refractivity contribution in [2.75, 3.05) is 14.2 Å². The van der Waals surface area contributed by atoms with E-state index in [2.05, 4.69) is 0 Å². The lowest BCUT2D eigenvalue weighted by atomic mass is 9.86. The van der Waals surface area contributed by atoms with E-state index in [1.54, 1.807) is 19.2 Å². The molecule has 0 radical (unpaired) electrons. The van der Waals surface area contributed by atoms with Crippen LogP contribution in [0.1, 0.15) is 31.1 Å². The standard InChI is InChI=1S/C15H22O4/c1-9(2)13(15(17)19-5)14(16)11-6-7-12(18-4)10(3)8-11/h6-9,13-14,16H,1-5H3. The Bertz CT molecular complexity index is 440. The van der Waals surface area contributed by atoms with Crippen molar-refractivity contribution in [1.82, 2.24) is 0 Å². The number of aliphatic hydroxyl groups is 1. The van der Waals surface area contributed by atoms with E-state index in [4.69, 9.17) is 9.47 Å². The Balaban J connectivity index is 3.06. The molecule has 106 valence electrons. The number of methoxy groups -OCH3 is 2. The third-order valence-electron chi connectivity index (χ3n) is 3.29. The topological polar surface area (TPSA) is 55.8 Å². The lowest BCUT2D eigenvalue weighted by Gasteiger charge is -2.24. The zero-order chi connectivity index (χ0) is 14.6. The van der Waals surface area contributed by atoms with Crippen molar-refractivity contribution in [3.63, 3.8) is 0 Å². The van der Waals surface area contributed by atoms with Gasteiger partial charge in [0.1, 0.15) is 5.75 Å². The summed E-state index contributed by atoms with van der Waals surface area (Å²) in [6, 6.07) is 5.40. The first-order chi connectivity index (χ1) is 8.92. The minimum Gasteiger partial charge on any atom is -0.496 e. The fourth-order valence-electron chi connectivity index (χ4n) is 2.19. The van der Waals surface area contributed by atoms with Crippen LogP contribution >= 0.6 is 0 Å². The van der Waals surface area contributed by atoms with E-state index in [9.17, 15) is 9.90 Å². The Hall–Kier alpha value is -1.55. The first-order valence-electron chi connectivity index (χ1n) is 6.32. The highest BCUT2D eigenvalue weighted by Gasteiger charge is 2.32. The molecule has 0 aliphatic heterocycles. The average Bonchev–Trinajstić information content (AvgIpc) is 2.37. The number of carbonyl (C=O) groups is 1. The van der Waals surface area contributed by atoms with Crippen molar-refractivity contribution in [2.45, 2.75) is 26.9 Å². The van der Waals surface area contributed by atoms with Gasteiger partial charge >= 0.3 is 5.97 Å². The second-order valence-electron chi connectivity index (χ2n) is 4.97. The molecule has 0 fully saturated rings. The van der Waals surface area contributed by atoms with Crippen LogP contribution in [0, 0.1) is 18.8 Å². The molecule has 0 aliphatic carbocycles. The van der Waals surface area contributed by atoms with Gasteiger partial charge in [0.15, 0.2) is 0 Å². The van der Waals surface area contributed by atoms with Gasteiger partial charge in [-0.3, -0.25) is 4.79 Å². The van der Waals surface area contributed by atoms with Crippen LogP contribution in [0.3, 0.4) is 0 Å². The number of benzene rings is 1. The van der Waals surface area contributed by atoms with Gasteiger partial charge in [-0.25, -0.2) is 0 Å². The quantitative estimate of drug-likeness (QED) is 0.832. The summed E-state index contributed by atoms with van der Waals surface area (Å²) in [6.07, 6.45) is -0.878. The molecule has 2 unspecified atom stereocenters. The summed E-state index contributed by atoms with van der Waals surface area (Å²) in [5.41, 5.74) is 1.62. The number of aryl methyl sites for hydroxylation is 1. The van der Waals surface area contributed by atoms with Crippen molar-refractivity contribution in [2.24, 2.45) is 11.8 Å². The lowest BCUT2D eigenvalue weighted by molar-refractivity contribution is -0.152.